The Hall–Kier alpha value is -3.58. The highest BCUT2D eigenvalue weighted by molar-refractivity contribution is 5.88. The van der Waals surface area contributed by atoms with Gasteiger partial charge in [-0.2, -0.15) is 18.4 Å². The summed E-state index contributed by atoms with van der Waals surface area (Å²) >= 11 is 0. The van der Waals surface area contributed by atoms with Crippen LogP contribution in [-0.4, -0.2) is 50.1 Å². The molecule has 0 unspecified atom stereocenters. The first-order valence-electron chi connectivity index (χ1n) is 11.6. The van der Waals surface area contributed by atoms with Crippen LogP contribution in [0, 0.1) is 25.2 Å². The lowest BCUT2D eigenvalue weighted by atomic mass is 10.0. The van der Waals surface area contributed by atoms with Gasteiger partial charge in [-0.3, -0.25) is 4.90 Å². The fourth-order valence-corrected chi connectivity index (χ4v) is 4.89. The highest BCUT2D eigenvalue weighted by Crippen LogP contribution is 2.29. The molecule has 4 heterocycles. The van der Waals surface area contributed by atoms with Crippen LogP contribution in [0.1, 0.15) is 41.2 Å². The second-order valence-corrected chi connectivity index (χ2v) is 9.27. The summed E-state index contributed by atoms with van der Waals surface area (Å²) < 4.78 is 38.5. The summed E-state index contributed by atoms with van der Waals surface area (Å²) in [7, 11) is 0. The first kappa shape index (κ1) is 23.2. The quantitative estimate of drug-likeness (QED) is 0.368. The van der Waals surface area contributed by atoms with E-state index in [9.17, 15) is 13.2 Å². The highest BCUT2D eigenvalue weighted by atomic mass is 19.4. The van der Waals surface area contributed by atoms with Crippen molar-refractivity contribution in [3.63, 3.8) is 0 Å². The van der Waals surface area contributed by atoms with E-state index in [0.29, 0.717) is 28.4 Å². The Bertz CT molecular complexity index is 1420. The third-order valence-corrected chi connectivity index (χ3v) is 6.67. The summed E-state index contributed by atoms with van der Waals surface area (Å²) in [5.74, 6) is 1.09. The van der Waals surface area contributed by atoms with Gasteiger partial charge in [-0.15, -0.1) is 0 Å². The summed E-state index contributed by atoms with van der Waals surface area (Å²) in [5.41, 5.74) is 4.47. The Morgan fingerprint density at radius 1 is 1.11 bits per heavy atom. The molecule has 0 bridgehead atoms. The number of piperidine rings is 1. The van der Waals surface area contributed by atoms with Gasteiger partial charge in [0.25, 0.3) is 0 Å². The standard InChI is InChI=1S/C25H26F3N7/c1-14-16(3-4-22-20(14)10-19(12-29)32-22)13-35-7-5-17(6-8-35)33-23-21-9-18(11-25(26,27)28)34-24(21)31-15(2)30-23/h3-4,9-10,17,32H,5-8,11,13H2,1-2H3,(H2,30,31,33,34). The van der Waals surface area contributed by atoms with Gasteiger partial charge in [0, 0.05) is 42.3 Å². The van der Waals surface area contributed by atoms with Gasteiger partial charge in [-0.1, -0.05) is 6.07 Å². The van der Waals surface area contributed by atoms with Crippen LogP contribution in [-0.2, 0) is 13.0 Å². The van der Waals surface area contributed by atoms with Crippen molar-refractivity contribution in [1.29, 1.82) is 5.26 Å². The van der Waals surface area contributed by atoms with E-state index >= 15 is 0 Å². The molecule has 5 rings (SSSR count). The molecule has 3 N–H and O–H groups in total. The maximum Gasteiger partial charge on any atom is 0.394 e. The van der Waals surface area contributed by atoms with Crippen molar-refractivity contribution >= 4 is 27.8 Å². The molecule has 0 spiro atoms. The monoisotopic (exact) mass is 481 g/mol. The molecule has 0 saturated carbocycles. The number of aromatic amines is 2. The molecule has 1 aliphatic rings. The van der Waals surface area contributed by atoms with E-state index in [1.54, 1.807) is 6.92 Å². The van der Waals surface area contributed by atoms with E-state index in [4.69, 9.17) is 5.26 Å². The molecule has 1 saturated heterocycles. The van der Waals surface area contributed by atoms with Crippen molar-refractivity contribution in [1.82, 2.24) is 24.8 Å². The average molecular weight is 482 g/mol. The number of likely N-dealkylation sites (tertiary alicyclic amines) is 1. The Labute approximate surface area is 200 Å². The molecule has 35 heavy (non-hydrogen) atoms. The number of fused-ring (bicyclic) bond motifs is 2. The van der Waals surface area contributed by atoms with E-state index in [1.807, 2.05) is 12.1 Å². The number of nitrogens with zero attached hydrogens (tertiary/aromatic N) is 4. The van der Waals surface area contributed by atoms with E-state index < -0.39 is 12.6 Å². The molecule has 4 aromatic rings. The van der Waals surface area contributed by atoms with Crippen molar-refractivity contribution in [2.75, 3.05) is 18.4 Å². The lowest BCUT2D eigenvalue weighted by molar-refractivity contribution is -0.127. The van der Waals surface area contributed by atoms with Crippen LogP contribution < -0.4 is 5.32 Å². The minimum absolute atomic E-state index is 0.0851. The Morgan fingerprint density at radius 2 is 1.89 bits per heavy atom. The molecule has 0 amide bonds. The molecule has 0 radical (unpaired) electrons. The zero-order valence-corrected chi connectivity index (χ0v) is 19.6. The fraction of sp³-hybridized carbons (Fsp3) is 0.400. The van der Waals surface area contributed by atoms with Gasteiger partial charge in [0.05, 0.1) is 11.8 Å². The molecule has 7 nitrogen and oxygen atoms in total. The number of nitriles is 1. The molecule has 1 aliphatic heterocycles. The molecule has 1 aromatic carbocycles. The second kappa shape index (κ2) is 8.89. The number of H-pyrrole nitrogens is 2. The molecule has 182 valence electrons. The van der Waals surface area contributed by atoms with Gasteiger partial charge in [0.15, 0.2) is 0 Å². The lowest BCUT2D eigenvalue weighted by Gasteiger charge is -2.33. The molecule has 10 heteroatoms. The Balaban J connectivity index is 1.25. The fourth-order valence-electron chi connectivity index (χ4n) is 4.89. The van der Waals surface area contributed by atoms with Gasteiger partial charge in [-0.05, 0) is 56.0 Å². The topological polar surface area (TPSA) is 96.4 Å². The second-order valence-electron chi connectivity index (χ2n) is 9.27. The van der Waals surface area contributed by atoms with Gasteiger partial charge in [0.2, 0.25) is 0 Å². The summed E-state index contributed by atoms with van der Waals surface area (Å²) in [4.78, 5) is 17.1. The van der Waals surface area contributed by atoms with Crippen LogP contribution >= 0.6 is 0 Å². The number of aryl methyl sites for hydroxylation is 2. The van der Waals surface area contributed by atoms with Crippen LogP contribution in [0.3, 0.4) is 0 Å². The summed E-state index contributed by atoms with van der Waals surface area (Å²) in [5, 5.41) is 14.3. The molecule has 0 aliphatic carbocycles. The molecule has 3 aromatic heterocycles. The van der Waals surface area contributed by atoms with E-state index in [-0.39, 0.29) is 11.7 Å². The van der Waals surface area contributed by atoms with Crippen LogP contribution in [0.25, 0.3) is 21.9 Å². The number of rotatable bonds is 5. The van der Waals surface area contributed by atoms with Gasteiger partial charge >= 0.3 is 6.18 Å². The number of anilines is 1. The predicted molar refractivity (Wildman–Crippen MR) is 128 cm³/mol. The molecular formula is C25H26F3N7. The number of hydrogen-bond acceptors (Lipinski definition) is 5. The number of hydrogen-bond donors (Lipinski definition) is 3. The number of aromatic nitrogens is 4. The number of nitrogens with one attached hydrogen (secondary N) is 3. The highest BCUT2D eigenvalue weighted by Gasteiger charge is 2.29. The summed E-state index contributed by atoms with van der Waals surface area (Å²) in [6, 6.07) is 9.88. The van der Waals surface area contributed by atoms with Gasteiger partial charge in [-0.25, -0.2) is 9.97 Å². The van der Waals surface area contributed by atoms with Crippen molar-refractivity contribution in [2.24, 2.45) is 0 Å². The number of benzene rings is 1. The van der Waals surface area contributed by atoms with Crippen LogP contribution in [0.4, 0.5) is 19.0 Å². The average Bonchev–Trinajstić information content (AvgIpc) is 3.39. The van der Waals surface area contributed by atoms with Crippen molar-refractivity contribution < 1.29 is 13.2 Å². The van der Waals surface area contributed by atoms with Crippen LogP contribution in [0.15, 0.2) is 24.3 Å². The normalized spacial score (nSPS) is 15.7. The number of alkyl halides is 3. The maximum atomic E-state index is 12.8. The van der Waals surface area contributed by atoms with E-state index in [0.717, 1.165) is 43.4 Å². The zero-order valence-electron chi connectivity index (χ0n) is 19.6. The van der Waals surface area contributed by atoms with Gasteiger partial charge < -0.3 is 15.3 Å². The van der Waals surface area contributed by atoms with Gasteiger partial charge in [0.1, 0.15) is 29.1 Å². The predicted octanol–water partition coefficient (Wildman–Crippen LogP) is 5.11. The first-order valence-corrected chi connectivity index (χ1v) is 11.6. The van der Waals surface area contributed by atoms with E-state index in [1.165, 1.54) is 17.2 Å². The maximum absolute atomic E-state index is 12.8. The third-order valence-electron chi connectivity index (χ3n) is 6.67. The Kier molecular flexibility index (Phi) is 5.89. The summed E-state index contributed by atoms with van der Waals surface area (Å²) in [6.07, 6.45) is -3.51. The van der Waals surface area contributed by atoms with Crippen LogP contribution in [0.2, 0.25) is 0 Å². The molecule has 1 fully saturated rings. The summed E-state index contributed by atoms with van der Waals surface area (Å²) in [6.45, 7) is 6.45. The zero-order chi connectivity index (χ0) is 24.7. The van der Waals surface area contributed by atoms with Crippen molar-refractivity contribution in [3.8, 4) is 6.07 Å². The van der Waals surface area contributed by atoms with Crippen molar-refractivity contribution in [2.45, 2.75) is 51.9 Å². The molecular weight excluding hydrogens is 455 g/mol. The molecule has 0 atom stereocenters. The van der Waals surface area contributed by atoms with E-state index in [2.05, 4.69) is 49.2 Å². The largest absolute Gasteiger partial charge is 0.394 e. The number of halogens is 3. The Morgan fingerprint density at radius 3 is 2.60 bits per heavy atom. The minimum Gasteiger partial charge on any atom is -0.367 e. The smallest absolute Gasteiger partial charge is 0.367 e. The van der Waals surface area contributed by atoms with Crippen molar-refractivity contribution in [3.05, 3.63) is 52.6 Å². The SMILES string of the molecule is Cc1nc(NC2CCN(Cc3ccc4[nH]c(C#N)cc4c3C)CC2)c2cc(CC(F)(F)F)[nH]c2n1. The minimum atomic E-state index is -4.29. The van der Waals surface area contributed by atoms with Crippen LogP contribution in [0.5, 0.6) is 0 Å². The lowest BCUT2D eigenvalue weighted by Crippen LogP contribution is -2.39. The first-order chi connectivity index (χ1) is 16.7. The third kappa shape index (κ3) is 4.95.